The van der Waals surface area contributed by atoms with E-state index in [1.54, 1.807) is 0 Å². The summed E-state index contributed by atoms with van der Waals surface area (Å²) in [6.45, 7) is 18.0. The van der Waals surface area contributed by atoms with Crippen molar-refractivity contribution in [3.8, 4) is 0 Å². The fraction of sp³-hybridized carbons (Fsp3) is 0.400. The number of benzene rings is 2. The second kappa shape index (κ2) is 7.69. The molecule has 0 aliphatic carbocycles. The standard InChI is InChI=1S/C30H36N4/c1-8-29(7)27-33(21-16-12-11-13-17-21)25-26(32-24(20-31-25)28(4,5)6)34(27)23-19-15-14-18-22(23)30(29,9-2)10-3/h9,11-20,27H,2,8,10H2,1,3-7H3. The number of hydrogen-bond acceptors (Lipinski definition) is 4. The van der Waals surface area contributed by atoms with Crippen LogP contribution in [0.5, 0.6) is 0 Å². The molecule has 0 bridgehead atoms. The zero-order valence-corrected chi connectivity index (χ0v) is 21.3. The van der Waals surface area contributed by atoms with Crippen LogP contribution in [0.15, 0.2) is 73.4 Å². The molecule has 1 aromatic heterocycles. The summed E-state index contributed by atoms with van der Waals surface area (Å²) in [7, 11) is 0. The summed E-state index contributed by atoms with van der Waals surface area (Å²) in [6.07, 6.45) is 6.17. The van der Waals surface area contributed by atoms with Crippen LogP contribution in [0, 0.1) is 5.41 Å². The number of anilines is 4. The minimum Gasteiger partial charge on any atom is -0.301 e. The highest BCUT2D eigenvalue weighted by Gasteiger charge is 2.62. The van der Waals surface area contributed by atoms with Crippen LogP contribution < -0.4 is 9.80 Å². The van der Waals surface area contributed by atoms with Gasteiger partial charge in [-0.1, -0.05) is 84.0 Å². The van der Waals surface area contributed by atoms with Gasteiger partial charge in [-0.15, -0.1) is 6.58 Å². The summed E-state index contributed by atoms with van der Waals surface area (Å²) >= 11 is 0. The molecule has 0 radical (unpaired) electrons. The van der Waals surface area contributed by atoms with Crippen molar-refractivity contribution in [3.63, 3.8) is 0 Å². The first kappa shape index (κ1) is 22.6. The molecule has 3 atom stereocenters. The smallest absolute Gasteiger partial charge is 0.178 e. The molecular weight excluding hydrogens is 416 g/mol. The van der Waals surface area contributed by atoms with E-state index in [4.69, 9.17) is 9.97 Å². The zero-order chi connectivity index (χ0) is 24.3. The monoisotopic (exact) mass is 452 g/mol. The summed E-state index contributed by atoms with van der Waals surface area (Å²) in [6, 6.07) is 19.5. The highest BCUT2D eigenvalue weighted by atomic mass is 15.5. The Morgan fingerprint density at radius 3 is 2.24 bits per heavy atom. The van der Waals surface area contributed by atoms with Gasteiger partial charge in [-0.05, 0) is 36.6 Å². The first-order valence-electron chi connectivity index (χ1n) is 12.5. The number of allylic oxidation sites excluding steroid dienone is 1. The lowest BCUT2D eigenvalue weighted by Gasteiger charge is -2.58. The van der Waals surface area contributed by atoms with Crippen LogP contribution in [0.2, 0.25) is 0 Å². The van der Waals surface area contributed by atoms with Crippen LogP contribution in [-0.2, 0) is 10.8 Å². The average Bonchev–Trinajstić information content (AvgIpc) is 3.20. The van der Waals surface area contributed by atoms with Crippen molar-refractivity contribution >= 4 is 23.0 Å². The molecule has 34 heavy (non-hydrogen) atoms. The molecule has 4 nitrogen and oxygen atoms in total. The van der Waals surface area contributed by atoms with Crippen LogP contribution in [0.4, 0.5) is 23.0 Å². The summed E-state index contributed by atoms with van der Waals surface area (Å²) in [5.41, 5.74) is 4.28. The van der Waals surface area contributed by atoms with E-state index in [0.717, 1.165) is 35.9 Å². The van der Waals surface area contributed by atoms with Crippen LogP contribution in [-0.4, -0.2) is 16.1 Å². The average molecular weight is 453 g/mol. The van der Waals surface area contributed by atoms with Gasteiger partial charge < -0.3 is 9.80 Å². The van der Waals surface area contributed by atoms with Gasteiger partial charge in [0, 0.05) is 27.6 Å². The molecule has 2 aromatic carbocycles. The summed E-state index contributed by atoms with van der Waals surface area (Å²) in [5.74, 6) is 1.87. The molecule has 3 aromatic rings. The van der Waals surface area contributed by atoms with Crippen molar-refractivity contribution in [2.24, 2.45) is 5.41 Å². The Morgan fingerprint density at radius 2 is 1.62 bits per heavy atom. The maximum atomic E-state index is 5.28. The molecule has 3 unspecified atom stereocenters. The number of hydrogen-bond donors (Lipinski definition) is 0. The van der Waals surface area contributed by atoms with Crippen molar-refractivity contribution in [2.45, 2.75) is 71.4 Å². The molecule has 4 heteroatoms. The largest absolute Gasteiger partial charge is 0.301 e. The van der Waals surface area contributed by atoms with Crippen molar-refractivity contribution < 1.29 is 0 Å². The molecule has 5 rings (SSSR count). The topological polar surface area (TPSA) is 32.3 Å². The maximum absolute atomic E-state index is 5.28. The third-order valence-corrected chi connectivity index (χ3v) is 8.36. The van der Waals surface area contributed by atoms with E-state index in [2.05, 4.69) is 119 Å². The lowest BCUT2D eigenvalue weighted by Crippen LogP contribution is -2.62. The van der Waals surface area contributed by atoms with Gasteiger partial charge in [0.25, 0.3) is 0 Å². The molecule has 0 saturated carbocycles. The van der Waals surface area contributed by atoms with Gasteiger partial charge in [0.05, 0.1) is 11.9 Å². The molecule has 0 N–H and O–H groups in total. The SMILES string of the molecule is C=CC1(CC)c2ccccc2N2c3nc(C(C)(C)C)cnc3N(c3ccccc3)C2C1(C)CC. The first-order chi connectivity index (χ1) is 16.2. The Kier molecular flexibility index (Phi) is 5.12. The van der Waals surface area contributed by atoms with Gasteiger partial charge in [-0.25, -0.2) is 9.97 Å². The van der Waals surface area contributed by atoms with E-state index in [1.807, 2.05) is 6.20 Å². The lowest BCUT2D eigenvalue weighted by atomic mass is 9.54. The van der Waals surface area contributed by atoms with Gasteiger partial charge in [0.15, 0.2) is 11.6 Å². The van der Waals surface area contributed by atoms with Crippen molar-refractivity contribution in [1.29, 1.82) is 0 Å². The molecule has 2 aliphatic heterocycles. The molecule has 2 aliphatic rings. The van der Waals surface area contributed by atoms with E-state index in [-0.39, 0.29) is 22.4 Å². The van der Waals surface area contributed by atoms with Gasteiger partial charge >= 0.3 is 0 Å². The number of rotatable bonds is 4. The zero-order valence-electron chi connectivity index (χ0n) is 21.3. The summed E-state index contributed by atoms with van der Waals surface area (Å²) in [4.78, 5) is 15.2. The fourth-order valence-electron chi connectivity index (χ4n) is 6.26. The minimum absolute atomic E-state index is 0.0259. The molecule has 0 fully saturated rings. The highest BCUT2D eigenvalue weighted by molar-refractivity contribution is 5.87. The number of fused-ring (bicyclic) bond motifs is 5. The van der Waals surface area contributed by atoms with Gasteiger partial charge in [0.2, 0.25) is 0 Å². The predicted molar refractivity (Wildman–Crippen MR) is 142 cm³/mol. The van der Waals surface area contributed by atoms with Gasteiger partial charge in [0.1, 0.15) is 6.17 Å². The van der Waals surface area contributed by atoms with E-state index >= 15 is 0 Å². The number of nitrogens with zero attached hydrogens (tertiary/aromatic N) is 4. The Labute approximate surface area is 204 Å². The van der Waals surface area contributed by atoms with Crippen molar-refractivity contribution in [2.75, 3.05) is 9.80 Å². The third kappa shape index (κ3) is 2.84. The Bertz CT molecular complexity index is 1230. The van der Waals surface area contributed by atoms with Crippen molar-refractivity contribution in [1.82, 2.24) is 9.97 Å². The second-order valence-corrected chi connectivity index (χ2v) is 10.9. The van der Waals surface area contributed by atoms with Crippen LogP contribution >= 0.6 is 0 Å². The van der Waals surface area contributed by atoms with E-state index in [9.17, 15) is 0 Å². The molecule has 3 heterocycles. The van der Waals surface area contributed by atoms with Crippen LogP contribution in [0.3, 0.4) is 0 Å². The van der Waals surface area contributed by atoms with Crippen molar-refractivity contribution in [3.05, 3.63) is 84.7 Å². The normalized spacial score (nSPS) is 25.5. The Morgan fingerprint density at radius 1 is 0.941 bits per heavy atom. The van der Waals surface area contributed by atoms with Crippen LogP contribution in [0.1, 0.15) is 65.6 Å². The molecule has 0 spiro atoms. The Balaban J connectivity index is 1.89. The van der Waals surface area contributed by atoms with E-state index < -0.39 is 0 Å². The van der Waals surface area contributed by atoms with E-state index in [1.165, 1.54) is 11.3 Å². The number of aromatic nitrogens is 2. The quantitative estimate of drug-likeness (QED) is 0.380. The molecule has 176 valence electrons. The number of para-hydroxylation sites is 2. The minimum atomic E-state index is -0.179. The third-order valence-electron chi connectivity index (χ3n) is 8.36. The fourth-order valence-corrected chi connectivity index (χ4v) is 6.26. The lowest BCUT2D eigenvalue weighted by molar-refractivity contribution is 0.120. The second-order valence-electron chi connectivity index (χ2n) is 10.9. The molecule has 0 amide bonds. The van der Waals surface area contributed by atoms with E-state index in [0.29, 0.717) is 0 Å². The van der Waals surface area contributed by atoms with Crippen LogP contribution in [0.25, 0.3) is 0 Å². The molecule has 0 saturated heterocycles. The highest BCUT2D eigenvalue weighted by Crippen LogP contribution is 2.64. The maximum Gasteiger partial charge on any atom is 0.178 e. The Hall–Kier alpha value is -3.14. The summed E-state index contributed by atoms with van der Waals surface area (Å²) < 4.78 is 0. The molecular formula is C30H36N4. The summed E-state index contributed by atoms with van der Waals surface area (Å²) in [5, 5.41) is 0. The van der Waals surface area contributed by atoms with Gasteiger partial charge in [-0.2, -0.15) is 0 Å². The van der Waals surface area contributed by atoms with Gasteiger partial charge in [-0.3, -0.25) is 0 Å². The first-order valence-corrected chi connectivity index (χ1v) is 12.5. The predicted octanol–water partition coefficient (Wildman–Crippen LogP) is 7.65.